The molecule has 7 nitrogen and oxygen atoms in total. The van der Waals surface area contributed by atoms with Gasteiger partial charge in [-0.1, -0.05) is 18.2 Å². The number of hydrogen-bond donors (Lipinski definition) is 1. The molecule has 4 aromatic rings. The summed E-state index contributed by atoms with van der Waals surface area (Å²) in [5.41, 5.74) is 3.92. The summed E-state index contributed by atoms with van der Waals surface area (Å²) in [6, 6.07) is 13.5. The van der Waals surface area contributed by atoms with E-state index in [9.17, 15) is 4.79 Å². The van der Waals surface area contributed by atoms with Gasteiger partial charge < -0.3 is 9.47 Å². The number of amides is 1. The van der Waals surface area contributed by atoms with Gasteiger partial charge in [0, 0.05) is 10.9 Å². The Kier molecular flexibility index (Phi) is 5.18. The number of rotatable bonds is 6. The molecule has 0 bridgehead atoms. The van der Waals surface area contributed by atoms with Gasteiger partial charge in [0.05, 0.1) is 12.8 Å². The Morgan fingerprint density at radius 2 is 1.93 bits per heavy atom. The van der Waals surface area contributed by atoms with E-state index in [4.69, 9.17) is 9.47 Å². The molecule has 0 saturated heterocycles. The maximum atomic E-state index is 12.3. The summed E-state index contributed by atoms with van der Waals surface area (Å²) >= 11 is 1.44. The van der Waals surface area contributed by atoms with Crippen molar-refractivity contribution < 1.29 is 14.3 Å². The number of hydrogen-bond acceptors (Lipinski definition) is 6. The van der Waals surface area contributed by atoms with Gasteiger partial charge in [-0.2, -0.15) is 4.98 Å². The van der Waals surface area contributed by atoms with E-state index in [1.807, 2.05) is 61.7 Å². The lowest BCUT2D eigenvalue weighted by Crippen LogP contribution is -2.21. The first kappa shape index (κ1) is 18.9. The van der Waals surface area contributed by atoms with E-state index in [1.165, 1.54) is 11.3 Å². The van der Waals surface area contributed by atoms with Crippen LogP contribution in [0.1, 0.15) is 11.1 Å². The Hall–Kier alpha value is -3.39. The van der Waals surface area contributed by atoms with Gasteiger partial charge >= 0.3 is 0 Å². The van der Waals surface area contributed by atoms with Gasteiger partial charge in [-0.25, -0.2) is 4.52 Å². The van der Waals surface area contributed by atoms with Crippen molar-refractivity contribution in [2.75, 3.05) is 19.0 Å². The van der Waals surface area contributed by atoms with Crippen molar-refractivity contribution in [1.29, 1.82) is 0 Å². The first-order valence-electron chi connectivity index (χ1n) is 9.02. The molecule has 148 valence electrons. The third-order valence-corrected chi connectivity index (χ3v) is 5.10. The quantitative estimate of drug-likeness (QED) is 0.520. The maximum absolute atomic E-state index is 12.3. The number of ether oxygens (including phenoxy) is 2. The van der Waals surface area contributed by atoms with Gasteiger partial charge in [0.25, 0.3) is 11.9 Å². The Bertz CT molecular complexity index is 1160. The number of fused-ring (bicyclic) bond motifs is 1. The van der Waals surface area contributed by atoms with Crippen LogP contribution >= 0.6 is 11.3 Å². The minimum absolute atomic E-state index is 0.116. The van der Waals surface area contributed by atoms with Gasteiger partial charge in [0.15, 0.2) is 6.61 Å². The average molecular weight is 408 g/mol. The Labute approximate surface area is 171 Å². The van der Waals surface area contributed by atoms with E-state index < -0.39 is 0 Å². The zero-order valence-electron chi connectivity index (χ0n) is 16.3. The van der Waals surface area contributed by atoms with Crippen LogP contribution in [0.3, 0.4) is 0 Å². The molecule has 0 aliphatic heterocycles. The fraction of sp³-hybridized carbons (Fsp3) is 0.190. The van der Waals surface area contributed by atoms with Crippen molar-refractivity contribution >= 4 is 28.2 Å². The highest BCUT2D eigenvalue weighted by Gasteiger charge is 2.16. The van der Waals surface area contributed by atoms with E-state index >= 15 is 0 Å². The molecule has 0 saturated carbocycles. The predicted octanol–water partition coefficient (Wildman–Crippen LogP) is 4.10. The van der Waals surface area contributed by atoms with Crippen LogP contribution in [-0.4, -0.2) is 34.2 Å². The topological polar surface area (TPSA) is 77.8 Å². The number of carbonyl (C=O) groups is 1. The number of methoxy groups -OCH3 is 1. The first-order chi connectivity index (χ1) is 14.0. The molecule has 29 heavy (non-hydrogen) atoms. The highest BCUT2D eigenvalue weighted by atomic mass is 32.1. The fourth-order valence-corrected chi connectivity index (χ4v) is 3.92. The molecule has 0 radical (unpaired) electrons. The van der Waals surface area contributed by atoms with E-state index in [0.29, 0.717) is 10.7 Å². The summed E-state index contributed by atoms with van der Waals surface area (Å²) in [6.45, 7) is 3.86. The van der Waals surface area contributed by atoms with Crippen LogP contribution in [0.15, 0.2) is 47.8 Å². The van der Waals surface area contributed by atoms with Crippen LogP contribution in [0.2, 0.25) is 0 Å². The molecule has 4 rings (SSSR count). The van der Waals surface area contributed by atoms with Gasteiger partial charge in [-0.15, -0.1) is 16.4 Å². The molecule has 0 fully saturated rings. The highest BCUT2D eigenvalue weighted by Crippen LogP contribution is 2.32. The molecule has 2 aromatic carbocycles. The minimum atomic E-state index is -0.318. The van der Waals surface area contributed by atoms with Gasteiger partial charge in [0.1, 0.15) is 11.5 Å². The van der Waals surface area contributed by atoms with Crippen molar-refractivity contribution in [3.8, 4) is 22.8 Å². The van der Waals surface area contributed by atoms with Crippen molar-refractivity contribution in [3.05, 3.63) is 59.0 Å². The summed E-state index contributed by atoms with van der Waals surface area (Å²) in [7, 11) is 1.63. The first-order valence-corrected chi connectivity index (χ1v) is 9.90. The fourth-order valence-electron chi connectivity index (χ4n) is 3.10. The molecule has 0 aliphatic rings. The molecule has 2 aromatic heterocycles. The number of thiazole rings is 1. The number of anilines is 1. The maximum Gasteiger partial charge on any atom is 0.264 e. The lowest BCUT2D eigenvalue weighted by Gasteiger charge is -2.07. The van der Waals surface area contributed by atoms with Crippen molar-refractivity contribution in [3.63, 3.8) is 0 Å². The molecule has 1 N–H and O–H groups in total. The van der Waals surface area contributed by atoms with Crippen LogP contribution in [0.25, 0.3) is 16.2 Å². The molecule has 1 amide bonds. The van der Waals surface area contributed by atoms with Crippen LogP contribution in [0, 0.1) is 13.8 Å². The minimum Gasteiger partial charge on any atom is -0.496 e. The molecule has 0 spiro atoms. The zero-order valence-corrected chi connectivity index (χ0v) is 17.1. The second-order valence-corrected chi connectivity index (χ2v) is 7.45. The monoisotopic (exact) mass is 408 g/mol. The largest absolute Gasteiger partial charge is 0.496 e. The van der Waals surface area contributed by atoms with Crippen molar-refractivity contribution in [1.82, 2.24) is 14.6 Å². The number of carbonyl (C=O) groups excluding carboxylic acids is 1. The normalized spacial score (nSPS) is 10.9. The highest BCUT2D eigenvalue weighted by molar-refractivity contribution is 7.15. The van der Waals surface area contributed by atoms with Crippen LogP contribution < -0.4 is 14.8 Å². The number of nitrogens with one attached hydrogen (secondary N) is 1. The zero-order chi connectivity index (χ0) is 20.4. The van der Waals surface area contributed by atoms with E-state index in [-0.39, 0.29) is 18.5 Å². The Morgan fingerprint density at radius 1 is 1.17 bits per heavy atom. The summed E-state index contributed by atoms with van der Waals surface area (Å²) in [6.07, 6.45) is 0. The summed E-state index contributed by atoms with van der Waals surface area (Å²) in [5, 5.41) is 9.07. The molecule has 0 aliphatic carbocycles. The third-order valence-electron chi connectivity index (χ3n) is 4.28. The molecule has 0 atom stereocenters. The number of aromatic nitrogens is 3. The molecule has 8 heteroatoms. The molecule has 2 heterocycles. The second kappa shape index (κ2) is 7.92. The molecule has 0 unspecified atom stereocenters. The number of para-hydroxylation sites is 1. The van der Waals surface area contributed by atoms with E-state index in [0.717, 1.165) is 28.1 Å². The average Bonchev–Trinajstić information content (AvgIpc) is 3.25. The number of benzene rings is 2. The van der Waals surface area contributed by atoms with E-state index in [2.05, 4.69) is 15.4 Å². The third kappa shape index (κ3) is 4.07. The molecular formula is C21H20N4O3S. The number of nitrogens with zero attached hydrogens (tertiary/aromatic N) is 3. The SMILES string of the molecule is COc1ccccc1-c1csc2nc(NC(=O)COc3cc(C)cc(C)c3)nn12. The number of aryl methyl sites for hydroxylation is 2. The van der Waals surface area contributed by atoms with Gasteiger partial charge in [-0.05, 0) is 49.2 Å². The summed E-state index contributed by atoms with van der Waals surface area (Å²) < 4.78 is 12.7. The lowest BCUT2D eigenvalue weighted by molar-refractivity contribution is -0.118. The van der Waals surface area contributed by atoms with Crippen molar-refractivity contribution in [2.45, 2.75) is 13.8 Å². The van der Waals surface area contributed by atoms with Gasteiger partial charge in [0.2, 0.25) is 4.96 Å². The van der Waals surface area contributed by atoms with Crippen LogP contribution in [0.5, 0.6) is 11.5 Å². The van der Waals surface area contributed by atoms with Gasteiger partial charge in [-0.3, -0.25) is 10.1 Å². The van der Waals surface area contributed by atoms with Crippen LogP contribution in [-0.2, 0) is 4.79 Å². The predicted molar refractivity (Wildman–Crippen MR) is 113 cm³/mol. The standard InChI is InChI=1S/C21H20N4O3S/c1-13-8-14(2)10-15(9-13)28-11-19(26)22-20-23-21-25(24-20)17(12-29-21)16-6-4-5-7-18(16)27-3/h4-10,12H,11H2,1-3H3,(H,22,24,26). The van der Waals surface area contributed by atoms with Crippen LogP contribution in [0.4, 0.5) is 5.95 Å². The van der Waals surface area contributed by atoms with E-state index in [1.54, 1.807) is 11.6 Å². The summed E-state index contributed by atoms with van der Waals surface area (Å²) in [4.78, 5) is 17.3. The Balaban J connectivity index is 1.49. The summed E-state index contributed by atoms with van der Waals surface area (Å²) in [5.74, 6) is 1.33. The Morgan fingerprint density at radius 3 is 2.69 bits per heavy atom. The second-order valence-electron chi connectivity index (χ2n) is 6.61. The lowest BCUT2D eigenvalue weighted by atomic mass is 10.1. The smallest absolute Gasteiger partial charge is 0.264 e. The van der Waals surface area contributed by atoms with Crippen molar-refractivity contribution in [2.24, 2.45) is 0 Å². The molecular weight excluding hydrogens is 388 g/mol.